The number of hydrogen-bond acceptors (Lipinski definition) is 4. The molecule has 6 heteroatoms. The van der Waals surface area contributed by atoms with Gasteiger partial charge in [0, 0.05) is 17.1 Å². The minimum atomic E-state index is -1.05. The van der Waals surface area contributed by atoms with Crippen molar-refractivity contribution in [1.82, 2.24) is 9.55 Å². The lowest BCUT2D eigenvalue weighted by molar-refractivity contribution is 0.0696. The van der Waals surface area contributed by atoms with Crippen molar-refractivity contribution in [2.24, 2.45) is 0 Å². The molecule has 0 unspecified atom stereocenters. The van der Waals surface area contributed by atoms with E-state index in [0.29, 0.717) is 5.13 Å². The van der Waals surface area contributed by atoms with E-state index in [1.54, 1.807) is 0 Å². The second-order valence-corrected chi connectivity index (χ2v) is 5.21. The normalized spacial score (nSPS) is 13.6. The van der Waals surface area contributed by atoms with Gasteiger partial charge >= 0.3 is 5.97 Å². The Hall–Kier alpha value is -1.95. The van der Waals surface area contributed by atoms with Gasteiger partial charge in [-0.25, -0.2) is 9.78 Å². The van der Waals surface area contributed by atoms with E-state index in [2.05, 4.69) is 4.98 Å². The number of aromatic carboxylic acids is 1. The molecule has 3 rings (SSSR count). The topological polar surface area (TPSA) is 72.2 Å². The number of nitrogens with zero attached hydrogens (tertiary/aromatic N) is 2. The van der Waals surface area contributed by atoms with Gasteiger partial charge < -0.3 is 5.11 Å². The molecule has 1 aliphatic carbocycles. The number of carbonyl (C=O) groups is 1. The minimum absolute atomic E-state index is 0.0879. The Morgan fingerprint density at radius 2 is 2.22 bits per heavy atom. The number of fused-ring (bicyclic) bond motifs is 1. The Labute approximate surface area is 106 Å². The first-order valence-electron chi connectivity index (χ1n) is 5.60. The molecular formula is C12H10N2O3S. The molecule has 5 nitrogen and oxygen atoms in total. The predicted molar refractivity (Wildman–Crippen MR) is 66.7 cm³/mol. The molecule has 0 radical (unpaired) electrons. The van der Waals surface area contributed by atoms with Crippen molar-refractivity contribution >= 4 is 17.3 Å². The number of hydrogen-bond donors (Lipinski definition) is 1. The zero-order valence-electron chi connectivity index (χ0n) is 9.42. The summed E-state index contributed by atoms with van der Waals surface area (Å²) in [6.07, 6.45) is 4.39. The first-order chi connectivity index (χ1) is 8.65. The number of carboxylic acid groups (broad SMARTS) is 1. The summed E-state index contributed by atoms with van der Waals surface area (Å²) in [5, 5.41) is 9.49. The minimum Gasteiger partial charge on any atom is -0.478 e. The van der Waals surface area contributed by atoms with Crippen LogP contribution in [0.3, 0.4) is 0 Å². The molecule has 0 bridgehead atoms. The Kier molecular flexibility index (Phi) is 2.52. The SMILES string of the molecule is O=C(O)c1ccc(=O)n(-c2nc3c(s2)CCC3)c1. The number of pyridine rings is 1. The Morgan fingerprint density at radius 1 is 1.39 bits per heavy atom. The summed E-state index contributed by atoms with van der Waals surface area (Å²) in [6, 6.07) is 2.57. The molecule has 0 saturated carbocycles. The molecule has 92 valence electrons. The zero-order chi connectivity index (χ0) is 12.7. The van der Waals surface area contributed by atoms with Gasteiger partial charge in [-0.15, -0.1) is 11.3 Å². The molecule has 2 heterocycles. The maximum Gasteiger partial charge on any atom is 0.337 e. The van der Waals surface area contributed by atoms with Gasteiger partial charge in [0.1, 0.15) is 0 Å². The number of rotatable bonds is 2. The molecule has 0 fully saturated rings. The molecule has 1 aliphatic rings. The second-order valence-electron chi connectivity index (χ2n) is 4.15. The molecule has 0 saturated heterocycles. The zero-order valence-corrected chi connectivity index (χ0v) is 10.2. The van der Waals surface area contributed by atoms with Gasteiger partial charge in [0.05, 0.1) is 11.3 Å². The van der Waals surface area contributed by atoms with Crippen molar-refractivity contribution in [1.29, 1.82) is 0 Å². The summed E-state index contributed by atoms with van der Waals surface area (Å²) in [5.74, 6) is -1.05. The largest absolute Gasteiger partial charge is 0.478 e. The molecule has 0 amide bonds. The standard InChI is InChI=1S/C12H10N2O3S/c15-10-5-4-7(11(16)17)6-14(10)12-13-8-2-1-3-9(8)18-12/h4-6H,1-3H2,(H,16,17). The van der Waals surface area contributed by atoms with Crippen LogP contribution in [0.15, 0.2) is 23.1 Å². The molecule has 1 N–H and O–H groups in total. The molecule has 18 heavy (non-hydrogen) atoms. The van der Waals surface area contributed by atoms with E-state index in [1.807, 2.05) is 0 Å². The van der Waals surface area contributed by atoms with Gasteiger partial charge in [-0.2, -0.15) is 0 Å². The highest BCUT2D eigenvalue weighted by atomic mass is 32.1. The van der Waals surface area contributed by atoms with E-state index < -0.39 is 5.97 Å². The van der Waals surface area contributed by atoms with Crippen LogP contribution in [0.4, 0.5) is 0 Å². The number of carboxylic acids is 1. The maximum atomic E-state index is 11.8. The maximum absolute atomic E-state index is 11.8. The first-order valence-corrected chi connectivity index (χ1v) is 6.42. The smallest absolute Gasteiger partial charge is 0.337 e. The number of aromatic nitrogens is 2. The molecule has 0 atom stereocenters. The molecule has 0 spiro atoms. The van der Waals surface area contributed by atoms with Gasteiger partial charge in [0.2, 0.25) is 0 Å². The Morgan fingerprint density at radius 3 is 2.94 bits per heavy atom. The van der Waals surface area contributed by atoms with Gasteiger partial charge in [-0.05, 0) is 25.3 Å². The third-order valence-electron chi connectivity index (χ3n) is 2.95. The van der Waals surface area contributed by atoms with E-state index >= 15 is 0 Å². The summed E-state index contributed by atoms with van der Waals surface area (Å²) >= 11 is 1.47. The fourth-order valence-corrected chi connectivity index (χ4v) is 3.17. The quantitative estimate of drug-likeness (QED) is 0.889. The van der Waals surface area contributed by atoms with E-state index in [4.69, 9.17) is 5.11 Å². The Balaban J connectivity index is 2.12. The molecule has 2 aromatic heterocycles. The van der Waals surface area contributed by atoms with Crippen molar-refractivity contribution in [3.05, 3.63) is 44.8 Å². The van der Waals surface area contributed by atoms with Crippen molar-refractivity contribution in [2.45, 2.75) is 19.3 Å². The Bertz CT molecular complexity index is 665. The van der Waals surface area contributed by atoms with Gasteiger partial charge in [-0.3, -0.25) is 9.36 Å². The van der Waals surface area contributed by atoms with Gasteiger partial charge in [0.25, 0.3) is 5.56 Å². The third-order valence-corrected chi connectivity index (χ3v) is 4.11. The van der Waals surface area contributed by atoms with E-state index in [0.717, 1.165) is 25.0 Å². The fraction of sp³-hybridized carbons (Fsp3) is 0.250. The summed E-state index contributed by atoms with van der Waals surface area (Å²) in [7, 11) is 0. The van der Waals surface area contributed by atoms with E-state index in [-0.39, 0.29) is 11.1 Å². The lowest BCUT2D eigenvalue weighted by Crippen LogP contribution is -2.18. The summed E-state index contributed by atoms with van der Waals surface area (Å²) in [5.41, 5.74) is 0.875. The summed E-state index contributed by atoms with van der Waals surface area (Å²) in [6.45, 7) is 0. The average molecular weight is 262 g/mol. The number of aryl methyl sites for hydroxylation is 2. The van der Waals surface area contributed by atoms with Gasteiger partial charge in [-0.1, -0.05) is 0 Å². The van der Waals surface area contributed by atoms with Crippen LogP contribution in [0, 0.1) is 0 Å². The lowest BCUT2D eigenvalue weighted by atomic mass is 10.3. The average Bonchev–Trinajstić information content (AvgIpc) is 2.89. The van der Waals surface area contributed by atoms with Crippen LogP contribution in [-0.2, 0) is 12.8 Å². The van der Waals surface area contributed by atoms with Crippen molar-refractivity contribution < 1.29 is 9.90 Å². The molecule has 2 aromatic rings. The van der Waals surface area contributed by atoms with Crippen LogP contribution in [-0.4, -0.2) is 20.6 Å². The fourth-order valence-electron chi connectivity index (χ4n) is 2.04. The van der Waals surface area contributed by atoms with Crippen molar-refractivity contribution in [3.63, 3.8) is 0 Å². The highest BCUT2D eigenvalue weighted by Gasteiger charge is 2.18. The highest BCUT2D eigenvalue weighted by molar-refractivity contribution is 7.14. The predicted octanol–water partition coefficient (Wildman–Crippen LogP) is 1.48. The summed E-state index contributed by atoms with van der Waals surface area (Å²) < 4.78 is 1.31. The molecule has 0 aromatic carbocycles. The van der Waals surface area contributed by atoms with Gasteiger partial charge in [0.15, 0.2) is 5.13 Å². The third kappa shape index (κ3) is 1.74. The first kappa shape index (κ1) is 11.2. The van der Waals surface area contributed by atoms with Crippen molar-refractivity contribution in [3.8, 4) is 5.13 Å². The van der Waals surface area contributed by atoms with Crippen LogP contribution in [0.5, 0.6) is 0 Å². The monoisotopic (exact) mass is 262 g/mol. The van der Waals surface area contributed by atoms with Crippen LogP contribution >= 0.6 is 11.3 Å². The molecular weight excluding hydrogens is 252 g/mol. The summed E-state index contributed by atoms with van der Waals surface area (Å²) in [4.78, 5) is 28.3. The van der Waals surface area contributed by atoms with Crippen LogP contribution in [0.25, 0.3) is 5.13 Å². The van der Waals surface area contributed by atoms with Crippen LogP contribution in [0.1, 0.15) is 27.3 Å². The van der Waals surface area contributed by atoms with Crippen LogP contribution < -0.4 is 5.56 Å². The lowest BCUT2D eigenvalue weighted by Gasteiger charge is -2.02. The van der Waals surface area contributed by atoms with Crippen LogP contribution in [0.2, 0.25) is 0 Å². The second kappa shape index (κ2) is 4.06. The highest BCUT2D eigenvalue weighted by Crippen LogP contribution is 2.28. The molecule has 0 aliphatic heterocycles. The van der Waals surface area contributed by atoms with E-state index in [1.165, 1.54) is 39.1 Å². The number of thiazole rings is 1. The van der Waals surface area contributed by atoms with E-state index in [9.17, 15) is 9.59 Å². The van der Waals surface area contributed by atoms with Crippen molar-refractivity contribution in [2.75, 3.05) is 0 Å².